The van der Waals surface area contributed by atoms with E-state index in [0.717, 1.165) is 25.6 Å². The van der Waals surface area contributed by atoms with Crippen LogP contribution in [-0.4, -0.2) is 24.1 Å². The number of aromatic nitrogens is 1. The van der Waals surface area contributed by atoms with E-state index >= 15 is 0 Å². The van der Waals surface area contributed by atoms with Gasteiger partial charge in [-0.3, -0.25) is 0 Å². The highest BCUT2D eigenvalue weighted by molar-refractivity contribution is 7.15. The summed E-state index contributed by atoms with van der Waals surface area (Å²) in [6.45, 7) is 14.4. The zero-order valence-corrected chi connectivity index (χ0v) is 15.1. The van der Waals surface area contributed by atoms with Crippen LogP contribution >= 0.6 is 11.3 Å². The molecule has 1 N–H and O–H groups in total. The van der Waals surface area contributed by atoms with Crippen LogP contribution in [0.25, 0.3) is 0 Å². The van der Waals surface area contributed by atoms with Gasteiger partial charge in [-0.1, -0.05) is 20.8 Å². The molecule has 1 aromatic rings. The molecule has 3 nitrogen and oxygen atoms in total. The van der Waals surface area contributed by atoms with Gasteiger partial charge >= 0.3 is 0 Å². The lowest BCUT2D eigenvalue weighted by molar-refractivity contribution is 0.553. The lowest BCUT2D eigenvalue weighted by Gasteiger charge is -2.26. The fraction of sp³-hybridized carbons (Fsp3) is 0.824. The average Bonchev–Trinajstić information content (AvgIpc) is 3.21. The molecule has 0 aromatic carbocycles. The number of rotatable bonds is 9. The standard InChI is InChI=1S/C17H31N3S/c1-6-13(5)20(7-2)17-19-16(14-8-9-14)15(21-17)11-18-10-12(3)4/h12-14,18H,6-11H2,1-5H3. The Labute approximate surface area is 134 Å². The van der Waals surface area contributed by atoms with Crippen molar-refractivity contribution in [1.29, 1.82) is 0 Å². The molecule has 4 heteroatoms. The number of nitrogens with one attached hydrogen (secondary N) is 1. The Morgan fingerprint density at radius 2 is 2.00 bits per heavy atom. The van der Waals surface area contributed by atoms with Crippen molar-refractivity contribution in [3.63, 3.8) is 0 Å². The van der Waals surface area contributed by atoms with Gasteiger partial charge in [-0.25, -0.2) is 4.98 Å². The summed E-state index contributed by atoms with van der Waals surface area (Å²) < 4.78 is 0. The maximum atomic E-state index is 5.01. The molecule has 0 saturated heterocycles. The average molecular weight is 310 g/mol. The maximum Gasteiger partial charge on any atom is 0.186 e. The van der Waals surface area contributed by atoms with Crippen LogP contribution in [0.1, 0.15) is 70.4 Å². The van der Waals surface area contributed by atoms with Crippen LogP contribution < -0.4 is 10.2 Å². The Balaban J connectivity index is 2.12. The summed E-state index contributed by atoms with van der Waals surface area (Å²) in [6, 6.07) is 0.574. The highest BCUT2D eigenvalue weighted by Gasteiger charge is 2.30. The third-order valence-electron chi connectivity index (χ3n) is 4.23. The van der Waals surface area contributed by atoms with Crippen molar-refractivity contribution in [2.75, 3.05) is 18.0 Å². The van der Waals surface area contributed by atoms with Crippen LogP contribution in [0.4, 0.5) is 5.13 Å². The van der Waals surface area contributed by atoms with E-state index in [1.807, 2.05) is 11.3 Å². The van der Waals surface area contributed by atoms with E-state index in [9.17, 15) is 0 Å². The monoisotopic (exact) mass is 309 g/mol. The van der Waals surface area contributed by atoms with Crippen molar-refractivity contribution in [3.8, 4) is 0 Å². The lowest BCUT2D eigenvalue weighted by Crippen LogP contribution is -2.32. The largest absolute Gasteiger partial charge is 0.346 e. The Morgan fingerprint density at radius 1 is 1.29 bits per heavy atom. The third kappa shape index (κ3) is 4.43. The molecule has 1 saturated carbocycles. The van der Waals surface area contributed by atoms with Crippen molar-refractivity contribution < 1.29 is 0 Å². The van der Waals surface area contributed by atoms with Gasteiger partial charge in [0.2, 0.25) is 0 Å². The highest BCUT2D eigenvalue weighted by atomic mass is 32.1. The second-order valence-electron chi connectivity index (χ2n) is 6.65. The van der Waals surface area contributed by atoms with Gasteiger partial charge in [0.15, 0.2) is 5.13 Å². The van der Waals surface area contributed by atoms with Crippen LogP contribution in [0.2, 0.25) is 0 Å². The summed E-state index contributed by atoms with van der Waals surface area (Å²) in [6.07, 6.45) is 3.83. The fourth-order valence-electron chi connectivity index (χ4n) is 2.61. The van der Waals surface area contributed by atoms with E-state index in [-0.39, 0.29) is 0 Å². The Morgan fingerprint density at radius 3 is 2.52 bits per heavy atom. The van der Waals surface area contributed by atoms with Gasteiger partial charge in [0.05, 0.1) is 5.69 Å². The minimum atomic E-state index is 0.574. The summed E-state index contributed by atoms with van der Waals surface area (Å²) in [5.41, 5.74) is 1.38. The van der Waals surface area contributed by atoms with E-state index < -0.39 is 0 Å². The van der Waals surface area contributed by atoms with Crippen molar-refractivity contribution in [1.82, 2.24) is 10.3 Å². The summed E-state index contributed by atoms with van der Waals surface area (Å²) >= 11 is 1.91. The number of hydrogen-bond acceptors (Lipinski definition) is 4. The van der Waals surface area contributed by atoms with Crippen LogP contribution in [0.15, 0.2) is 0 Å². The number of anilines is 1. The minimum absolute atomic E-state index is 0.574. The van der Waals surface area contributed by atoms with E-state index in [1.165, 1.54) is 35.0 Å². The predicted molar refractivity (Wildman–Crippen MR) is 93.4 cm³/mol. The first-order valence-corrected chi connectivity index (χ1v) is 9.35. The molecule has 1 fully saturated rings. The molecule has 2 rings (SSSR count). The molecule has 0 bridgehead atoms. The molecular weight excluding hydrogens is 278 g/mol. The molecule has 1 heterocycles. The first-order valence-electron chi connectivity index (χ1n) is 8.53. The number of hydrogen-bond donors (Lipinski definition) is 1. The van der Waals surface area contributed by atoms with Gasteiger partial charge in [0.1, 0.15) is 0 Å². The van der Waals surface area contributed by atoms with Gasteiger partial charge in [-0.2, -0.15) is 0 Å². The zero-order valence-electron chi connectivity index (χ0n) is 14.3. The van der Waals surface area contributed by atoms with Crippen LogP contribution in [0, 0.1) is 5.92 Å². The SMILES string of the molecule is CCC(C)N(CC)c1nc(C2CC2)c(CNCC(C)C)s1. The summed E-state index contributed by atoms with van der Waals surface area (Å²) in [5.74, 6) is 1.44. The van der Waals surface area contributed by atoms with Crippen LogP contribution in [0.3, 0.4) is 0 Å². The molecule has 1 unspecified atom stereocenters. The quantitative estimate of drug-likeness (QED) is 0.733. The van der Waals surface area contributed by atoms with Gasteiger partial charge < -0.3 is 10.2 Å². The normalized spacial score (nSPS) is 16.5. The Hall–Kier alpha value is -0.610. The molecule has 0 spiro atoms. The van der Waals surface area contributed by atoms with Gasteiger partial charge in [0.25, 0.3) is 0 Å². The smallest absolute Gasteiger partial charge is 0.186 e. The lowest BCUT2D eigenvalue weighted by atomic mass is 10.2. The van der Waals surface area contributed by atoms with Crippen molar-refractivity contribution >= 4 is 16.5 Å². The first kappa shape index (κ1) is 16.8. The number of thiazole rings is 1. The van der Waals surface area contributed by atoms with E-state index in [0.29, 0.717) is 12.0 Å². The molecule has 0 radical (unpaired) electrons. The maximum absolute atomic E-state index is 5.01. The molecular formula is C17H31N3S. The third-order valence-corrected chi connectivity index (χ3v) is 5.34. The molecule has 21 heavy (non-hydrogen) atoms. The van der Waals surface area contributed by atoms with Crippen LogP contribution in [-0.2, 0) is 6.54 Å². The predicted octanol–water partition coefficient (Wildman–Crippen LogP) is 4.39. The number of nitrogens with zero attached hydrogens (tertiary/aromatic N) is 2. The highest BCUT2D eigenvalue weighted by Crippen LogP contribution is 2.44. The van der Waals surface area contributed by atoms with Crippen molar-refractivity contribution in [2.24, 2.45) is 5.92 Å². The second-order valence-corrected chi connectivity index (χ2v) is 7.71. The molecule has 120 valence electrons. The molecule has 0 amide bonds. The van der Waals surface area contributed by atoms with Gasteiger partial charge in [-0.05, 0) is 45.6 Å². The molecule has 1 aromatic heterocycles. The van der Waals surface area contributed by atoms with Crippen molar-refractivity contribution in [2.45, 2.75) is 72.4 Å². The molecule has 1 aliphatic carbocycles. The topological polar surface area (TPSA) is 28.2 Å². The zero-order chi connectivity index (χ0) is 15.4. The summed E-state index contributed by atoms with van der Waals surface area (Å²) in [4.78, 5) is 8.94. The molecule has 1 atom stereocenters. The van der Waals surface area contributed by atoms with E-state index in [4.69, 9.17) is 4.98 Å². The first-order chi connectivity index (χ1) is 10.1. The molecule has 0 aliphatic heterocycles. The van der Waals surface area contributed by atoms with E-state index in [2.05, 4.69) is 44.8 Å². The van der Waals surface area contributed by atoms with Gasteiger partial charge in [0, 0.05) is 29.9 Å². The van der Waals surface area contributed by atoms with Crippen LogP contribution in [0.5, 0.6) is 0 Å². The summed E-state index contributed by atoms with van der Waals surface area (Å²) in [7, 11) is 0. The Bertz CT molecular complexity index is 437. The molecule has 1 aliphatic rings. The second kappa shape index (κ2) is 7.59. The Kier molecular flexibility index (Phi) is 6.06. The van der Waals surface area contributed by atoms with Gasteiger partial charge in [-0.15, -0.1) is 11.3 Å². The minimum Gasteiger partial charge on any atom is -0.346 e. The fourth-order valence-corrected chi connectivity index (χ4v) is 3.89. The summed E-state index contributed by atoms with van der Waals surface area (Å²) in [5, 5.41) is 4.82. The van der Waals surface area contributed by atoms with Crippen molar-refractivity contribution in [3.05, 3.63) is 10.6 Å². The van der Waals surface area contributed by atoms with E-state index in [1.54, 1.807) is 0 Å².